The van der Waals surface area contributed by atoms with E-state index < -0.39 is 17.5 Å². The minimum absolute atomic E-state index is 0.0322. The van der Waals surface area contributed by atoms with Crippen molar-refractivity contribution in [3.8, 4) is 11.1 Å². The Labute approximate surface area is 186 Å². The van der Waals surface area contributed by atoms with Gasteiger partial charge in [-0.05, 0) is 43.0 Å². The van der Waals surface area contributed by atoms with E-state index in [4.69, 9.17) is 11.6 Å². The summed E-state index contributed by atoms with van der Waals surface area (Å²) in [6.07, 6.45) is 4.56. The van der Waals surface area contributed by atoms with Gasteiger partial charge < -0.3 is 0 Å². The molecule has 5 rings (SSSR count). The molecule has 0 saturated heterocycles. The highest BCUT2D eigenvalue weighted by Crippen LogP contribution is 2.48. The average molecular weight is 455 g/mol. The van der Waals surface area contributed by atoms with E-state index in [0.717, 1.165) is 52.7 Å². The molecule has 0 unspecified atom stereocenters. The molecule has 0 saturated carbocycles. The zero-order valence-corrected chi connectivity index (χ0v) is 18.2. The van der Waals surface area contributed by atoms with Crippen LogP contribution in [-0.2, 0) is 17.6 Å². The number of nitrogens with zero attached hydrogens (tertiary/aromatic N) is 2. The van der Waals surface area contributed by atoms with Gasteiger partial charge in [-0.3, -0.25) is 9.69 Å². The third kappa shape index (κ3) is 3.30. The van der Waals surface area contributed by atoms with E-state index in [1.807, 2.05) is 18.2 Å². The van der Waals surface area contributed by atoms with Gasteiger partial charge in [0.25, 0.3) is 0 Å². The first-order chi connectivity index (χ1) is 15.0. The lowest BCUT2D eigenvalue weighted by molar-refractivity contribution is -0.115. The summed E-state index contributed by atoms with van der Waals surface area (Å²) in [5, 5.41) is 1.48. The van der Waals surface area contributed by atoms with Crippen LogP contribution in [0.3, 0.4) is 0 Å². The van der Waals surface area contributed by atoms with Gasteiger partial charge in [-0.15, -0.1) is 11.3 Å². The quantitative estimate of drug-likeness (QED) is 0.331. The van der Waals surface area contributed by atoms with Crippen LogP contribution in [0.15, 0.2) is 48.7 Å². The SMILES string of the molecule is CC(=O)N(c1ccc(F)cc1F)c1cnc2sc3c(c2c1-c1ccccc1Cl)CCC3. The van der Waals surface area contributed by atoms with Crippen molar-refractivity contribution in [2.24, 2.45) is 0 Å². The number of aryl methyl sites for hydroxylation is 2. The van der Waals surface area contributed by atoms with Crippen LogP contribution < -0.4 is 4.90 Å². The number of amides is 1. The lowest BCUT2D eigenvalue weighted by Crippen LogP contribution is -2.25. The fraction of sp³-hybridized carbons (Fsp3) is 0.167. The second kappa shape index (κ2) is 7.70. The van der Waals surface area contributed by atoms with Crippen LogP contribution in [0.25, 0.3) is 21.3 Å². The number of rotatable bonds is 3. The molecule has 2 aromatic carbocycles. The maximum atomic E-state index is 14.8. The van der Waals surface area contributed by atoms with E-state index in [-0.39, 0.29) is 5.69 Å². The fourth-order valence-electron chi connectivity index (χ4n) is 4.29. The van der Waals surface area contributed by atoms with Gasteiger partial charge in [0.1, 0.15) is 16.5 Å². The first-order valence-electron chi connectivity index (χ1n) is 9.89. The summed E-state index contributed by atoms with van der Waals surface area (Å²) in [6.45, 7) is 1.35. The number of hydrogen-bond donors (Lipinski definition) is 0. The van der Waals surface area contributed by atoms with Crippen molar-refractivity contribution < 1.29 is 13.6 Å². The van der Waals surface area contributed by atoms with Crippen LogP contribution >= 0.6 is 22.9 Å². The number of aromatic nitrogens is 1. The molecule has 0 bridgehead atoms. The lowest BCUT2D eigenvalue weighted by atomic mass is 9.97. The lowest BCUT2D eigenvalue weighted by Gasteiger charge is -2.25. The Hall–Kier alpha value is -2.83. The highest BCUT2D eigenvalue weighted by atomic mass is 35.5. The first-order valence-corrected chi connectivity index (χ1v) is 11.1. The van der Waals surface area contributed by atoms with E-state index in [0.29, 0.717) is 10.7 Å². The van der Waals surface area contributed by atoms with Gasteiger partial charge in [-0.2, -0.15) is 0 Å². The molecule has 0 radical (unpaired) electrons. The number of hydrogen-bond acceptors (Lipinski definition) is 3. The molecule has 4 aromatic rings. The van der Waals surface area contributed by atoms with E-state index in [1.54, 1.807) is 23.6 Å². The molecule has 1 aliphatic rings. The van der Waals surface area contributed by atoms with Crippen molar-refractivity contribution >= 4 is 50.4 Å². The predicted molar refractivity (Wildman–Crippen MR) is 121 cm³/mol. The van der Waals surface area contributed by atoms with Gasteiger partial charge in [0.05, 0.1) is 17.6 Å². The average Bonchev–Trinajstić information content (AvgIpc) is 3.31. The van der Waals surface area contributed by atoms with Crippen LogP contribution in [0.5, 0.6) is 0 Å². The number of carbonyl (C=O) groups is 1. The van der Waals surface area contributed by atoms with Gasteiger partial charge in [0.15, 0.2) is 0 Å². The highest BCUT2D eigenvalue weighted by molar-refractivity contribution is 7.19. The maximum absolute atomic E-state index is 14.8. The Morgan fingerprint density at radius 3 is 2.68 bits per heavy atom. The molecule has 156 valence electrons. The third-order valence-electron chi connectivity index (χ3n) is 5.56. The molecular formula is C24H17ClF2N2OS. The molecule has 2 aromatic heterocycles. The van der Waals surface area contributed by atoms with E-state index in [9.17, 15) is 13.6 Å². The molecule has 3 nitrogen and oxygen atoms in total. The van der Waals surface area contributed by atoms with Gasteiger partial charge in [0.2, 0.25) is 5.91 Å². The smallest absolute Gasteiger partial charge is 0.228 e. The normalized spacial score (nSPS) is 12.9. The fourth-order valence-corrected chi connectivity index (χ4v) is 5.76. The molecule has 7 heteroatoms. The van der Waals surface area contributed by atoms with Crippen molar-refractivity contribution in [3.05, 3.63) is 75.8 Å². The third-order valence-corrected chi connectivity index (χ3v) is 7.09. The number of carbonyl (C=O) groups excluding carboxylic acids is 1. The molecule has 0 N–H and O–H groups in total. The first kappa shape index (κ1) is 20.1. The summed E-state index contributed by atoms with van der Waals surface area (Å²) in [4.78, 5) is 20.8. The van der Waals surface area contributed by atoms with Crippen molar-refractivity contribution in [1.82, 2.24) is 4.98 Å². The van der Waals surface area contributed by atoms with Crippen LogP contribution in [0.2, 0.25) is 5.02 Å². The standard InChI is InChI=1S/C24H17ClF2N2OS/c1-13(30)29(19-10-9-14(26)11-18(19)27)20-12-28-24-23(16-6-4-8-21(16)31-24)22(20)15-5-2-3-7-17(15)25/h2-3,5,7,9-12H,4,6,8H2,1H3. The zero-order valence-electron chi connectivity index (χ0n) is 16.6. The van der Waals surface area contributed by atoms with E-state index in [2.05, 4.69) is 4.98 Å². The molecular weight excluding hydrogens is 438 g/mol. The predicted octanol–water partition coefficient (Wildman–Crippen LogP) is 7.07. The number of thiophene rings is 1. The summed E-state index contributed by atoms with van der Waals surface area (Å²) in [6, 6.07) is 10.6. The largest absolute Gasteiger partial charge is 0.276 e. The Morgan fingerprint density at radius 1 is 1.13 bits per heavy atom. The summed E-state index contributed by atoms with van der Waals surface area (Å²) in [5.41, 5.74) is 3.09. The van der Waals surface area contributed by atoms with Crippen LogP contribution in [0, 0.1) is 11.6 Å². The van der Waals surface area contributed by atoms with Crippen molar-refractivity contribution in [2.75, 3.05) is 4.90 Å². The number of anilines is 2. The summed E-state index contributed by atoms with van der Waals surface area (Å²) in [7, 11) is 0. The Balaban J connectivity index is 1.87. The van der Waals surface area contributed by atoms with Crippen molar-refractivity contribution in [2.45, 2.75) is 26.2 Å². The molecule has 1 amide bonds. The molecule has 0 aliphatic heterocycles. The Bertz CT molecular complexity index is 1350. The minimum atomic E-state index is -0.823. The number of halogens is 3. The highest BCUT2D eigenvalue weighted by Gasteiger charge is 2.28. The molecule has 31 heavy (non-hydrogen) atoms. The van der Waals surface area contributed by atoms with Crippen LogP contribution in [-0.4, -0.2) is 10.9 Å². The van der Waals surface area contributed by atoms with Crippen molar-refractivity contribution in [3.63, 3.8) is 0 Å². The van der Waals surface area contributed by atoms with Crippen molar-refractivity contribution in [1.29, 1.82) is 0 Å². The molecule has 0 fully saturated rings. The molecule has 0 spiro atoms. The van der Waals surface area contributed by atoms with Gasteiger partial charge >= 0.3 is 0 Å². The Morgan fingerprint density at radius 2 is 1.94 bits per heavy atom. The van der Waals surface area contributed by atoms with Gasteiger partial charge in [-0.1, -0.05) is 29.8 Å². The molecule has 0 atom stereocenters. The number of fused-ring (bicyclic) bond motifs is 3. The Kier molecular flexibility index (Phi) is 4.99. The van der Waals surface area contributed by atoms with Crippen LogP contribution in [0.4, 0.5) is 20.2 Å². The van der Waals surface area contributed by atoms with E-state index >= 15 is 0 Å². The molecule has 1 aliphatic carbocycles. The second-order valence-electron chi connectivity index (χ2n) is 7.49. The summed E-state index contributed by atoms with van der Waals surface area (Å²) < 4.78 is 28.3. The summed E-state index contributed by atoms with van der Waals surface area (Å²) in [5.74, 6) is -1.94. The molecule has 2 heterocycles. The number of pyridine rings is 1. The monoisotopic (exact) mass is 454 g/mol. The number of benzene rings is 2. The second-order valence-corrected chi connectivity index (χ2v) is 8.98. The minimum Gasteiger partial charge on any atom is -0.276 e. The van der Waals surface area contributed by atoms with Crippen LogP contribution in [0.1, 0.15) is 23.8 Å². The van der Waals surface area contributed by atoms with Gasteiger partial charge in [0, 0.05) is 39.4 Å². The van der Waals surface area contributed by atoms with E-state index in [1.165, 1.54) is 28.3 Å². The van der Waals surface area contributed by atoms with Gasteiger partial charge in [-0.25, -0.2) is 13.8 Å². The summed E-state index contributed by atoms with van der Waals surface area (Å²) >= 11 is 8.24. The topological polar surface area (TPSA) is 33.2 Å². The zero-order chi connectivity index (χ0) is 21.7. The maximum Gasteiger partial charge on any atom is 0.228 e.